The number of rotatable bonds is 5. The molecule has 1 unspecified atom stereocenters. The van der Waals surface area contributed by atoms with Gasteiger partial charge >= 0.3 is 0 Å². The highest BCUT2D eigenvalue weighted by Crippen LogP contribution is 2.36. The van der Waals surface area contributed by atoms with E-state index in [-0.39, 0.29) is 11.7 Å². The molecule has 0 radical (unpaired) electrons. The van der Waals surface area contributed by atoms with Gasteiger partial charge in [0, 0.05) is 0 Å². The lowest BCUT2D eigenvalue weighted by atomic mass is 10.1. The van der Waals surface area contributed by atoms with Gasteiger partial charge in [-0.15, -0.1) is 0 Å². The number of nitrogens with two attached hydrogens (primary N) is 1. The summed E-state index contributed by atoms with van der Waals surface area (Å²) in [4.78, 5) is 10.5. The van der Waals surface area contributed by atoms with Gasteiger partial charge in [-0.05, 0) is 13.0 Å². The number of ether oxygens (including phenoxy) is 2. The van der Waals surface area contributed by atoms with Gasteiger partial charge in [0.05, 0.1) is 36.8 Å². The zero-order chi connectivity index (χ0) is 13.0. The third-order valence-electron chi connectivity index (χ3n) is 2.45. The number of hydrazine groups is 1. The van der Waals surface area contributed by atoms with Crippen LogP contribution in [0.3, 0.4) is 0 Å². The maximum absolute atomic E-state index is 11.0. The van der Waals surface area contributed by atoms with E-state index in [1.807, 2.05) is 0 Å². The molecule has 0 amide bonds. The van der Waals surface area contributed by atoms with Gasteiger partial charge in [-0.25, -0.2) is 0 Å². The predicted octanol–water partition coefficient (Wildman–Crippen LogP) is 1.14. The molecular weight excluding hydrogens is 226 g/mol. The van der Waals surface area contributed by atoms with Crippen LogP contribution in [-0.2, 0) is 0 Å². The van der Waals surface area contributed by atoms with Crippen LogP contribution >= 0.6 is 0 Å². The standard InChI is InChI=1S/C10H15N3O4/c1-6(12-11)7-4-9(16-2)10(17-3)5-8(7)13(14)15/h4-6,12H,11H2,1-3H3. The number of nitro groups is 1. The molecule has 1 aromatic carbocycles. The van der Waals surface area contributed by atoms with Crippen molar-refractivity contribution in [3.8, 4) is 11.5 Å². The van der Waals surface area contributed by atoms with E-state index in [9.17, 15) is 10.1 Å². The van der Waals surface area contributed by atoms with Crippen LogP contribution in [0.2, 0.25) is 0 Å². The van der Waals surface area contributed by atoms with Crippen LogP contribution in [0.5, 0.6) is 11.5 Å². The normalized spacial score (nSPS) is 12.0. The number of hydrogen-bond acceptors (Lipinski definition) is 6. The first kappa shape index (κ1) is 13.2. The van der Waals surface area contributed by atoms with E-state index >= 15 is 0 Å². The molecule has 17 heavy (non-hydrogen) atoms. The maximum Gasteiger partial charge on any atom is 0.278 e. The zero-order valence-electron chi connectivity index (χ0n) is 9.89. The minimum atomic E-state index is -0.481. The van der Waals surface area contributed by atoms with E-state index in [0.29, 0.717) is 17.1 Å². The number of methoxy groups -OCH3 is 2. The number of nitrogens with zero attached hydrogens (tertiary/aromatic N) is 1. The highest BCUT2D eigenvalue weighted by atomic mass is 16.6. The molecule has 0 saturated heterocycles. The van der Waals surface area contributed by atoms with Crippen molar-refractivity contribution in [1.82, 2.24) is 5.43 Å². The SMILES string of the molecule is COc1cc(C(C)NN)c([N+](=O)[O-])cc1OC. The van der Waals surface area contributed by atoms with Crippen LogP contribution < -0.4 is 20.7 Å². The molecule has 0 aliphatic carbocycles. The lowest BCUT2D eigenvalue weighted by molar-refractivity contribution is -0.385. The highest BCUT2D eigenvalue weighted by Gasteiger charge is 2.22. The summed E-state index contributed by atoms with van der Waals surface area (Å²) < 4.78 is 10.1. The van der Waals surface area contributed by atoms with Crippen LogP contribution in [0.25, 0.3) is 0 Å². The Morgan fingerprint density at radius 2 is 1.88 bits per heavy atom. The summed E-state index contributed by atoms with van der Waals surface area (Å²) in [5.41, 5.74) is 2.84. The average molecular weight is 241 g/mol. The fourth-order valence-electron chi connectivity index (χ4n) is 1.48. The van der Waals surface area contributed by atoms with E-state index in [0.717, 1.165) is 0 Å². The molecule has 0 fully saturated rings. The number of hydrogen-bond donors (Lipinski definition) is 2. The third-order valence-corrected chi connectivity index (χ3v) is 2.45. The molecule has 1 aromatic rings. The number of nitro benzene ring substituents is 1. The fourth-order valence-corrected chi connectivity index (χ4v) is 1.48. The molecule has 0 saturated carbocycles. The first-order valence-corrected chi connectivity index (χ1v) is 4.91. The molecule has 3 N–H and O–H groups in total. The Balaban J connectivity index is 3.40. The Labute approximate surface area is 98.6 Å². The molecule has 0 aliphatic heterocycles. The van der Waals surface area contributed by atoms with Crippen LogP contribution in [0.1, 0.15) is 18.5 Å². The molecule has 0 heterocycles. The second-order valence-electron chi connectivity index (χ2n) is 3.41. The zero-order valence-corrected chi connectivity index (χ0v) is 9.89. The van der Waals surface area contributed by atoms with Gasteiger partial charge in [0.1, 0.15) is 0 Å². The molecule has 0 aromatic heterocycles. The van der Waals surface area contributed by atoms with Crippen molar-refractivity contribution in [1.29, 1.82) is 0 Å². The molecular formula is C10H15N3O4. The van der Waals surface area contributed by atoms with Gasteiger partial charge in [0.25, 0.3) is 5.69 Å². The van der Waals surface area contributed by atoms with Crippen LogP contribution in [0.4, 0.5) is 5.69 Å². The van der Waals surface area contributed by atoms with E-state index in [1.54, 1.807) is 13.0 Å². The Kier molecular flexibility index (Phi) is 4.24. The predicted molar refractivity (Wildman–Crippen MR) is 61.9 cm³/mol. The van der Waals surface area contributed by atoms with Gasteiger partial charge in [-0.2, -0.15) is 0 Å². The number of benzene rings is 1. The first-order valence-electron chi connectivity index (χ1n) is 4.91. The van der Waals surface area contributed by atoms with Gasteiger partial charge in [-0.1, -0.05) is 0 Å². The highest BCUT2D eigenvalue weighted by molar-refractivity contribution is 5.55. The van der Waals surface area contributed by atoms with Crippen LogP contribution in [0.15, 0.2) is 12.1 Å². The largest absolute Gasteiger partial charge is 0.493 e. The monoisotopic (exact) mass is 241 g/mol. The van der Waals surface area contributed by atoms with E-state index < -0.39 is 4.92 Å². The van der Waals surface area contributed by atoms with Gasteiger partial charge in [0.15, 0.2) is 11.5 Å². The van der Waals surface area contributed by atoms with Crippen molar-refractivity contribution in [3.05, 3.63) is 27.8 Å². The maximum atomic E-state index is 11.0. The Bertz CT molecular complexity index is 422. The summed E-state index contributed by atoms with van der Waals surface area (Å²) in [5, 5.41) is 11.0. The Morgan fingerprint density at radius 1 is 1.35 bits per heavy atom. The second-order valence-corrected chi connectivity index (χ2v) is 3.41. The van der Waals surface area contributed by atoms with E-state index in [1.165, 1.54) is 20.3 Å². The third kappa shape index (κ3) is 2.63. The Hall–Kier alpha value is -1.86. The fraction of sp³-hybridized carbons (Fsp3) is 0.400. The molecule has 7 heteroatoms. The molecule has 0 aliphatic rings. The van der Waals surface area contributed by atoms with E-state index in [2.05, 4.69) is 5.43 Å². The van der Waals surface area contributed by atoms with Crippen molar-refractivity contribution in [3.63, 3.8) is 0 Å². The summed E-state index contributed by atoms with van der Waals surface area (Å²) in [6, 6.07) is 2.50. The average Bonchev–Trinajstić information content (AvgIpc) is 2.35. The van der Waals surface area contributed by atoms with Gasteiger partial charge < -0.3 is 9.47 Å². The van der Waals surface area contributed by atoms with E-state index in [4.69, 9.17) is 15.3 Å². The molecule has 94 valence electrons. The van der Waals surface area contributed by atoms with Crippen molar-refractivity contribution in [2.45, 2.75) is 13.0 Å². The summed E-state index contributed by atoms with van der Waals surface area (Å²) in [7, 11) is 2.89. The molecule has 7 nitrogen and oxygen atoms in total. The van der Waals surface area contributed by atoms with Crippen LogP contribution in [0, 0.1) is 10.1 Å². The second kappa shape index (κ2) is 5.46. The quantitative estimate of drug-likeness (QED) is 0.455. The lowest BCUT2D eigenvalue weighted by Crippen LogP contribution is -2.26. The van der Waals surface area contributed by atoms with Crippen LogP contribution in [-0.4, -0.2) is 19.1 Å². The number of nitrogens with one attached hydrogen (secondary N) is 1. The first-order chi connectivity index (χ1) is 8.04. The minimum absolute atomic E-state index is 0.0619. The van der Waals surface area contributed by atoms with Crippen molar-refractivity contribution < 1.29 is 14.4 Å². The van der Waals surface area contributed by atoms with Crippen molar-refractivity contribution >= 4 is 5.69 Å². The van der Waals surface area contributed by atoms with Gasteiger partial charge in [0.2, 0.25) is 0 Å². The van der Waals surface area contributed by atoms with Crippen molar-refractivity contribution in [2.24, 2.45) is 5.84 Å². The summed E-state index contributed by atoms with van der Waals surface area (Å²) >= 11 is 0. The summed E-state index contributed by atoms with van der Waals surface area (Å²) in [6.45, 7) is 1.72. The summed E-state index contributed by atoms with van der Waals surface area (Å²) in [5.74, 6) is 6.03. The smallest absolute Gasteiger partial charge is 0.278 e. The minimum Gasteiger partial charge on any atom is -0.493 e. The topological polar surface area (TPSA) is 99.7 Å². The molecule has 0 spiro atoms. The lowest BCUT2D eigenvalue weighted by Gasteiger charge is -2.14. The van der Waals surface area contributed by atoms with Crippen molar-refractivity contribution in [2.75, 3.05) is 14.2 Å². The van der Waals surface area contributed by atoms with Gasteiger partial charge in [-0.3, -0.25) is 21.4 Å². The summed E-state index contributed by atoms with van der Waals surface area (Å²) in [6.07, 6.45) is 0. The Morgan fingerprint density at radius 3 is 2.29 bits per heavy atom. The molecule has 1 rings (SSSR count). The molecule has 0 bridgehead atoms. The molecule has 1 atom stereocenters.